The Morgan fingerprint density at radius 1 is 1.40 bits per heavy atom. The number of carbonyl (C=O) groups is 1. The van der Waals surface area contributed by atoms with Crippen LogP contribution in [0.25, 0.3) is 0 Å². The van der Waals surface area contributed by atoms with Crippen LogP contribution in [-0.2, 0) is 17.8 Å². The van der Waals surface area contributed by atoms with Crippen LogP contribution in [0.2, 0.25) is 0 Å². The van der Waals surface area contributed by atoms with Crippen LogP contribution in [0, 0.1) is 0 Å². The van der Waals surface area contributed by atoms with E-state index in [1.807, 2.05) is 16.7 Å². The first kappa shape index (κ1) is 12.7. The van der Waals surface area contributed by atoms with Crippen molar-refractivity contribution in [2.75, 3.05) is 0 Å². The molecular formula is C15H16N2O3. The van der Waals surface area contributed by atoms with E-state index in [9.17, 15) is 15.0 Å². The van der Waals surface area contributed by atoms with E-state index in [1.54, 1.807) is 18.3 Å². The maximum Gasteiger partial charge on any atom is 0.312 e. The molecule has 0 aliphatic carbocycles. The summed E-state index contributed by atoms with van der Waals surface area (Å²) >= 11 is 0. The number of aromatic nitrogens is 2. The Bertz CT molecular complexity index is 648. The van der Waals surface area contributed by atoms with Gasteiger partial charge in [0.15, 0.2) is 0 Å². The lowest BCUT2D eigenvalue weighted by molar-refractivity contribution is -0.139. The normalized spacial score (nSPS) is 17.7. The molecule has 1 aromatic heterocycles. The van der Waals surface area contributed by atoms with Gasteiger partial charge in [0.25, 0.3) is 0 Å². The minimum Gasteiger partial charge on any atom is -0.508 e. The van der Waals surface area contributed by atoms with Gasteiger partial charge in [0.05, 0.1) is 11.6 Å². The van der Waals surface area contributed by atoms with Crippen molar-refractivity contribution in [1.29, 1.82) is 0 Å². The Kier molecular flexibility index (Phi) is 3.18. The average molecular weight is 272 g/mol. The van der Waals surface area contributed by atoms with Crippen molar-refractivity contribution in [1.82, 2.24) is 9.55 Å². The summed E-state index contributed by atoms with van der Waals surface area (Å²) in [5.74, 6) is -0.197. The number of phenols is 1. The Hall–Kier alpha value is -2.30. The van der Waals surface area contributed by atoms with Crippen molar-refractivity contribution < 1.29 is 15.0 Å². The number of rotatable bonds is 3. The molecule has 1 aromatic carbocycles. The van der Waals surface area contributed by atoms with Crippen LogP contribution in [0.1, 0.15) is 35.8 Å². The zero-order valence-corrected chi connectivity index (χ0v) is 11.0. The fourth-order valence-corrected chi connectivity index (χ4v) is 2.79. The van der Waals surface area contributed by atoms with Gasteiger partial charge in [0, 0.05) is 24.7 Å². The Morgan fingerprint density at radius 3 is 2.95 bits per heavy atom. The molecule has 3 rings (SSSR count). The summed E-state index contributed by atoms with van der Waals surface area (Å²) in [6, 6.07) is 7.15. The number of hydrogen-bond acceptors (Lipinski definition) is 3. The Balaban J connectivity index is 1.93. The first-order chi connectivity index (χ1) is 9.66. The van der Waals surface area contributed by atoms with E-state index in [0.29, 0.717) is 12.8 Å². The fourth-order valence-electron chi connectivity index (χ4n) is 2.79. The van der Waals surface area contributed by atoms with Crippen LogP contribution in [-0.4, -0.2) is 25.7 Å². The average Bonchev–Trinajstić information content (AvgIpc) is 2.84. The van der Waals surface area contributed by atoms with Crippen molar-refractivity contribution in [2.45, 2.75) is 31.7 Å². The van der Waals surface area contributed by atoms with Gasteiger partial charge < -0.3 is 14.8 Å². The highest BCUT2D eigenvalue weighted by molar-refractivity contribution is 5.75. The monoisotopic (exact) mass is 272 g/mol. The first-order valence-electron chi connectivity index (χ1n) is 6.71. The number of carboxylic acids is 1. The highest BCUT2D eigenvalue weighted by Gasteiger charge is 2.28. The molecule has 1 atom stereocenters. The van der Waals surface area contributed by atoms with E-state index < -0.39 is 11.9 Å². The summed E-state index contributed by atoms with van der Waals surface area (Å²) < 4.78 is 1.98. The summed E-state index contributed by atoms with van der Waals surface area (Å²) in [7, 11) is 0. The van der Waals surface area contributed by atoms with Gasteiger partial charge in [-0.2, -0.15) is 0 Å². The lowest BCUT2D eigenvalue weighted by Gasteiger charge is -2.22. The molecule has 0 bridgehead atoms. The Morgan fingerprint density at radius 2 is 2.20 bits per heavy atom. The zero-order valence-electron chi connectivity index (χ0n) is 11.0. The molecule has 2 N–H and O–H groups in total. The highest BCUT2D eigenvalue weighted by Crippen LogP contribution is 2.29. The molecule has 0 amide bonds. The molecule has 0 saturated carbocycles. The van der Waals surface area contributed by atoms with Crippen LogP contribution in [0.4, 0.5) is 0 Å². The number of para-hydroxylation sites is 1. The third kappa shape index (κ3) is 2.15. The summed E-state index contributed by atoms with van der Waals surface area (Å²) in [6.07, 6.45) is 3.68. The molecule has 2 heterocycles. The predicted molar refractivity (Wildman–Crippen MR) is 72.8 cm³/mol. The van der Waals surface area contributed by atoms with Crippen LogP contribution >= 0.6 is 0 Å². The molecule has 0 spiro atoms. The number of fused-ring (bicyclic) bond motifs is 1. The van der Waals surface area contributed by atoms with Gasteiger partial charge in [-0.1, -0.05) is 18.2 Å². The molecule has 104 valence electrons. The van der Waals surface area contributed by atoms with E-state index in [0.717, 1.165) is 30.0 Å². The number of aliphatic carboxylic acids is 1. The van der Waals surface area contributed by atoms with Crippen LogP contribution in [0.3, 0.4) is 0 Å². The minimum atomic E-state index is -0.792. The summed E-state index contributed by atoms with van der Waals surface area (Å²) in [4.78, 5) is 15.6. The quantitative estimate of drug-likeness (QED) is 0.897. The molecule has 1 unspecified atom stereocenters. The standard InChI is InChI=1S/C15H16N2O3/c18-13-6-2-1-4-10(13)8-14-16-9-12-11(15(19)20)5-3-7-17(12)14/h1-2,4,6,9,11,18H,3,5,7-8H2,(H,19,20). The number of hydrogen-bond donors (Lipinski definition) is 2. The number of phenolic OH excluding ortho intramolecular Hbond substituents is 1. The second kappa shape index (κ2) is 5.00. The highest BCUT2D eigenvalue weighted by atomic mass is 16.4. The predicted octanol–water partition coefficient (Wildman–Crippen LogP) is 2.14. The second-order valence-electron chi connectivity index (χ2n) is 5.09. The summed E-state index contributed by atoms with van der Waals surface area (Å²) in [5, 5.41) is 19.1. The first-order valence-corrected chi connectivity index (χ1v) is 6.71. The van der Waals surface area contributed by atoms with Gasteiger partial charge in [-0.25, -0.2) is 4.98 Å². The van der Waals surface area contributed by atoms with Gasteiger partial charge in [0.2, 0.25) is 0 Å². The van der Waals surface area contributed by atoms with Gasteiger partial charge in [0.1, 0.15) is 11.6 Å². The molecule has 1 aliphatic rings. The van der Waals surface area contributed by atoms with E-state index >= 15 is 0 Å². The van der Waals surface area contributed by atoms with E-state index in [2.05, 4.69) is 4.98 Å². The third-order valence-electron chi connectivity index (χ3n) is 3.84. The lowest BCUT2D eigenvalue weighted by atomic mass is 9.96. The van der Waals surface area contributed by atoms with Crippen LogP contribution in [0.5, 0.6) is 5.75 Å². The SMILES string of the molecule is O=C(O)C1CCCn2c1cnc2Cc1ccccc1O. The molecule has 5 nitrogen and oxygen atoms in total. The summed E-state index contributed by atoms with van der Waals surface area (Å²) in [5.41, 5.74) is 1.58. The van der Waals surface area contributed by atoms with Crippen molar-refractivity contribution in [2.24, 2.45) is 0 Å². The number of aromatic hydroxyl groups is 1. The van der Waals surface area contributed by atoms with E-state index in [-0.39, 0.29) is 5.75 Å². The molecule has 20 heavy (non-hydrogen) atoms. The fraction of sp³-hybridized carbons (Fsp3) is 0.333. The van der Waals surface area contributed by atoms with E-state index in [4.69, 9.17) is 0 Å². The molecule has 5 heteroatoms. The second-order valence-corrected chi connectivity index (χ2v) is 5.09. The van der Waals surface area contributed by atoms with Crippen molar-refractivity contribution >= 4 is 5.97 Å². The van der Waals surface area contributed by atoms with Crippen molar-refractivity contribution in [3.8, 4) is 5.75 Å². The smallest absolute Gasteiger partial charge is 0.312 e. The molecule has 0 radical (unpaired) electrons. The number of benzene rings is 1. The maximum absolute atomic E-state index is 11.3. The van der Waals surface area contributed by atoms with Crippen LogP contribution in [0.15, 0.2) is 30.5 Å². The topological polar surface area (TPSA) is 75.3 Å². The zero-order chi connectivity index (χ0) is 14.1. The minimum absolute atomic E-state index is 0.246. The molecule has 2 aromatic rings. The lowest BCUT2D eigenvalue weighted by Crippen LogP contribution is -2.22. The maximum atomic E-state index is 11.3. The molecule has 0 saturated heterocycles. The largest absolute Gasteiger partial charge is 0.508 e. The van der Waals surface area contributed by atoms with Crippen LogP contribution < -0.4 is 0 Å². The number of imidazole rings is 1. The van der Waals surface area contributed by atoms with Gasteiger partial charge in [-0.15, -0.1) is 0 Å². The van der Waals surface area contributed by atoms with E-state index in [1.165, 1.54) is 0 Å². The number of nitrogens with zero attached hydrogens (tertiary/aromatic N) is 2. The van der Waals surface area contributed by atoms with Crippen molar-refractivity contribution in [3.05, 3.63) is 47.5 Å². The third-order valence-corrected chi connectivity index (χ3v) is 3.84. The Labute approximate surface area is 116 Å². The summed E-state index contributed by atoms with van der Waals surface area (Å²) in [6.45, 7) is 0.794. The van der Waals surface area contributed by atoms with Gasteiger partial charge in [-0.05, 0) is 18.9 Å². The molecule has 1 aliphatic heterocycles. The van der Waals surface area contributed by atoms with Gasteiger partial charge in [-0.3, -0.25) is 4.79 Å². The molecule has 0 fully saturated rings. The van der Waals surface area contributed by atoms with Crippen molar-refractivity contribution in [3.63, 3.8) is 0 Å². The number of carboxylic acid groups (broad SMARTS) is 1. The van der Waals surface area contributed by atoms with Gasteiger partial charge >= 0.3 is 5.97 Å². The molecular weight excluding hydrogens is 256 g/mol.